The van der Waals surface area contributed by atoms with Crippen molar-refractivity contribution in [3.05, 3.63) is 62.7 Å². The molecule has 0 saturated carbocycles. The van der Waals surface area contributed by atoms with Crippen molar-refractivity contribution >= 4 is 34.1 Å². The lowest BCUT2D eigenvalue weighted by molar-refractivity contribution is 0.103. The normalized spacial score (nSPS) is 10.2. The summed E-state index contributed by atoms with van der Waals surface area (Å²) in [7, 11) is 0. The summed E-state index contributed by atoms with van der Waals surface area (Å²) in [5, 5.41) is 0. The second-order valence-corrected chi connectivity index (χ2v) is 5.16. The summed E-state index contributed by atoms with van der Waals surface area (Å²) in [5.74, 6) is 0.0406. The molecule has 17 heavy (non-hydrogen) atoms. The van der Waals surface area contributed by atoms with Gasteiger partial charge in [0.1, 0.15) is 0 Å². The van der Waals surface area contributed by atoms with Gasteiger partial charge in [0.15, 0.2) is 5.78 Å². The molecule has 0 bridgehead atoms. The molecule has 0 atom stereocenters. The highest BCUT2D eigenvalue weighted by atomic mass is 127. The monoisotopic (exact) mass is 337 g/mol. The third-order valence-corrected chi connectivity index (χ3v) is 3.32. The number of anilines is 1. The number of nitrogen functional groups attached to an aromatic ring is 1. The number of hydrogen-bond acceptors (Lipinski definition) is 2. The summed E-state index contributed by atoms with van der Waals surface area (Å²) in [6.45, 7) is 1.90. The van der Waals surface area contributed by atoms with Crippen LogP contribution in [0.3, 0.4) is 0 Å². The van der Waals surface area contributed by atoms with Crippen molar-refractivity contribution in [2.24, 2.45) is 0 Å². The van der Waals surface area contributed by atoms with E-state index in [1.54, 1.807) is 12.1 Å². The molecule has 2 aromatic rings. The summed E-state index contributed by atoms with van der Waals surface area (Å²) < 4.78 is 1.12. The van der Waals surface area contributed by atoms with E-state index in [-0.39, 0.29) is 5.78 Å². The molecule has 0 aliphatic heterocycles. The highest BCUT2D eigenvalue weighted by Gasteiger charge is 2.11. The number of carbonyl (C=O) groups is 1. The van der Waals surface area contributed by atoms with E-state index in [2.05, 4.69) is 22.6 Å². The third kappa shape index (κ3) is 2.66. The van der Waals surface area contributed by atoms with Gasteiger partial charge in [0.25, 0.3) is 0 Å². The molecule has 0 fully saturated rings. The van der Waals surface area contributed by atoms with Crippen LogP contribution >= 0.6 is 22.6 Å². The Balaban J connectivity index is 2.40. The summed E-state index contributed by atoms with van der Waals surface area (Å²) in [6, 6.07) is 12.9. The minimum atomic E-state index is 0.0406. The Kier molecular flexibility index (Phi) is 3.47. The predicted molar refractivity (Wildman–Crippen MR) is 78.2 cm³/mol. The first-order valence-corrected chi connectivity index (χ1v) is 6.32. The van der Waals surface area contributed by atoms with Gasteiger partial charge in [-0.05, 0) is 77.5 Å². The summed E-state index contributed by atoms with van der Waals surface area (Å²) in [5.41, 5.74) is 8.68. The largest absolute Gasteiger partial charge is 0.399 e. The van der Waals surface area contributed by atoms with E-state index in [4.69, 9.17) is 5.73 Å². The Hall–Kier alpha value is -1.36. The molecule has 0 radical (unpaired) electrons. The van der Waals surface area contributed by atoms with Gasteiger partial charge in [-0.15, -0.1) is 0 Å². The molecular weight excluding hydrogens is 325 g/mol. The third-order valence-electron chi connectivity index (χ3n) is 2.60. The van der Waals surface area contributed by atoms with Crippen LogP contribution in [0.2, 0.25) is 0 Å². The zero-order valence-electron chi connectivity index (χ0n) is 9.41. The lowest BCUT2D eigenvalue weighted by atomic mass is 9.99. The number of halogens is 1. The standard InChI is InChI=1S/C14H12INO/c1-9-8-12(16)6-7-13(9)14(17)10-2-4-11(15)5-3-10/h2-8H,16H2,1H3. The molecule has 2 nitrogen and oxygen atoms in total. The minimum Gasteiger partial charge on any atom is -0.399 e. The van der Waals surface area contributed by atoms with Crippen LogP contribution in [-0.2, 0) is 0 Å². The molecule has 86 valence electrons. The van der Waals surface area contributed by atoms with Gasteiger partial charge in [0.2, 0.25) is 0 Å². The number of rotatable bonds is 2. The molecule has 2 aromatic carbocycles. The van der Waals surface area contributed by atoms with Gasteiger partial charge in [0, 0.05) is 20.4 Å². The van der Waals surface area contributed by atoms with Crippen molar-refractivity contribution in [1.29, 1.82) is 0 Å². The fraction of sp³-hybridized carbons (Fsp3) is 0.0714. The first-order chi connectivity index (χ1) is 8.08. The van der Waals surface area contributed by atoms with Crippen LogP contribution < -0.4 is 5.73 Å². The van der Waals surface area contributed by atoms with Gasteiger partial charge < -0.3 is 5.73 Å². The van der Waals surface area contributed by atoms with Gasteiger partial charge in [-0.2, -0.15) is 0 Å². The van der Waals surface area contributed by atoms with Crippen molar-refractivity contribution in [3.63, 3.8) is 0 Å². The molecule has 0 spiro atoms. The maximum atomic E-state index is 12.2. The van der Waals surface area contributed by atoms with E-state index >= 15 is 0 Å². The van der Waals surface area contributed by atoms with Crippen molar-refractivity contribution in [2.75, 3.05) is 5.73 Å². The average molecular weight is 337 g/mol. The zero-order chi connectivity index (χ0) is 12.4. The van der Waals surface area contributed by atoms with E-state index in [9.17, 15) is 4.79 Å². The van der Waals surface area contributed by atoms with Crippen LogP contribution in [0.1, 0.15) is 21.5 Å². The Bertz CT molecular complexity index is 561. The number of hydrogen-bond donors (Lipinski definition) is 1. The fourth-order valence-corrected chi connectivity index (χ4v) is 2.06. The van der Waals surface area contributed by atoms with Crippen LogP contribution in [0.5, 0.6) is 0 Å². The van der Waals surface area contributed by atoms with E-state index in [0.717, 1.165) is 9.13 Å². The number of carbonyl (C=O) groups excluding carboxylic acids is 1. The van der Waals surface area contributed by atoms with Gasteiger partial charge in [-0.1, -0.05) is 0 Å². The maximum Gasteiger partial charge on any atom is 0.193 e. The number of nitrogens with two attached hydrogens (primary N) is 1. The Morgan fingerprint density at radius 1 is 1.12 bits per heavy atom. The first-order valence-electron chi connectivity index (χ1n) is 5.24. The second-order valence-electron chi connectivity index (χ2n) is 3.91. The molecule has 2 rings (SSSR count). The van der Waals surface area contributed by atoms with Crippen LogP contribution in [0.25, 0.3) is 0 Å². The number of aryl methyl sites for hydroxylation is 1. The molecule has 2 N–H and O–H groups in total. The molecular formula is C14H12INO. The molecule has 0 aliphatic rings. The van der Waals surface area contributed by atoms with E-state index in [0.29, 0.717) is 16.8 Å². The highest BCUT2D eigenvalue weighted by molar-refractivity contribution is 14.1. The Morgan fingerprint density at radius 2 is 1.76 bits per heavy atom. The molecule has 0 saturated heterocycles. The average Bonchev–Trinajstić information content (AvgIpc) is 2.29. The van der Waals surface area contributed by atoms with Crippen molar-refractivity contribution in [2.45, 2.75) is 6.92 Å². The Labute approximate surface area is 114 Å². The molecule has 0 aliphatic carbocycles. The second kappa shape index (κ2) is 4.87. The van der Waals surface area contributed by atoms with Crippen LogP contribution in [-0.4, -0.2) is 5.78 Å². The first kappa shape index (κ1) is 12.1. The molecule has 0 aromatic heterocycles. The molecule has 3 heteroatoms. The quantitative estimate of drug-likeness (QED) is 0.518. The van der Waals surface area contributed by atoms with Gasteiger partial charge >= 0.3 is 0 Å². The predicted octanol–water partition coefficient (Wildman–Crippen LogP) is 3.41. The maximum absolute atomic E-state index is 12.2. The lowest BCUT2D eigenvalue weighted by Gasteiger charge is -2.06. The number of benzene rings is 2. The van der Waals surface area contributed by atoms with Crippen molar-refractivity contribution in [3.8, 4) is 0 Å². The SMILES string of the molecule is Cc1cc(N)ccc1C(=O)c1ccc(I)cc1. The van der Waals surface area contributed by atoms with Crippen molar-refractivity contribution < 1.29 is 4.79 Å². The molecule has 0 amide bonds. The minimum absolute atomic E-state index is 0.0406. The van der Waals surface area contributed by atoms with Gasteiger partial charge in [0.05, 0.1) is 0 Å². The van der Waals surface area contributed by atoms with Crippen LogP contribution in [0.15, 0.2) is 42.5 Å². The van der Waals surface area contributed by atoms with E-state index < -0.39 is 0 Å². The summed E-state index contributed by atoms with van der Waals surface area (Å²) >= 11 is 2.22. The van der Waals surface area contributed by atoms with Gasteiger partial charge in [-0.3, -0.25) is 4.79 Å². The highest BCUT2D eigenvalue weighted by Crippen LogP contribution is 2.17. The summed E-state index contributed by atoms with van der Waals surface area (Å²) in [6.07, 6.45) is 0. The van der Waals surface area contributed by atoms with Crippen LogP contribution in [0.4, 0.5) is 5.69 Å². The van der Waals surface area contributed by atoms with E-state index in [1.807, 2.05) is 37.3 Å². The van der Waals surface area contributed by atoms with Crippen molar-refractivity contribution in [1.82, 2.24) is 0 Å². The topological polar surface area (TPSA) is 43.1 Å². The molecule has 0 heterocycles. The summed E-state index contributed by atoms with van der Waals surface area (Å²) in [4.78, 5) is 12.2. The van der Waals surface area contributed by atoms with Crippen LogP contribution in [0, 0.1) is 10.5 Å². The smallest absolute Gasteiger partial charge is 0.193 e. The fourth-order valence-electron chi connectivity index (χ4n) is 1.70. The Morgan fingerprint density at radius 3 is 2.35 bits per heavy atom. The number of ketones is 1. The zero-order valence-corrected chi connectivity index (χ0v) is 11.6. The molecule has 0 unspecified atom stereocenters. The van der Waals surface area contributed by atoms with E-state index in [1.165, 1.54) is 0 Å². The lowest BCUT2D eigenvalue weighted by Crippen LogP contribution is -2.04. The van der Waals surface area contributed by atoms with Gasteiger partial charge in [-0.25, -0.2) is 0 Å².